The number of hydrogen-bond acceptors (Lipinski definition) is 7. The van der Waals surface area contributed by atoms with E-state index >= 15 is 0 Å². The van der Waals surface area contributed by atoms with Gasteiger partial charge < -0.3 is 0 Å². The number of nitro benzene ring substituents is 1. The number of aromatic nitrogens is 2. The summed E-state index contributed by atoms with van der Waals surface area (Å²) in [6, 6.07) is 6.77. The van der Waals surface area contributed by atoms with Crippen molar-refractivity contribution in [2.75, 3.05) is 5.75 Å². The van der Waals surface area contributed by atoms with Crippen molar-refractivity contribution in [1.82, 2.24) is 10.2 Å². The van der Waals surface area contributed by atoms with Gasteiger partial charge in [0.25, 0.3) is 5.69 Å². The molecule has 19 heavy (non-hydrogen) atoms. The average molecular weight is 313 g/mol. The van der Waals surface area contributed by atoms with Crippen LogP contribution < -0.4 is 0 Å². The first-order valence-electron chi connectivity index (χ1n) is 5.52. The van der Waals surface area contributed by atoms with Gasteiger partial charge in [-0.3, -0.25) is 10.1 Å². The Morgan fingerprint density at radius 2 is 1.95 bits per heavy atom. The van der Waals surface area contributed by atoms with Crippen molar-refractivity contribution in [3.8, 4) is 0 Å². The molecule has 2 rings (SSSR count). The van der Waals surface area contributed by atoms with E-state index in [1.54, 1.807) is 30.0 Å². The Morgan fingerprint density at radius 1 is 1.26 bits per heavy atom. The smallest absolute Gasteiger partial charge is 0.258 e. The van der Waals surface area contributed by atoms with Crippen LogP contribution in [0.1, 0.15) is 12.5 Å². The first kappa shape index (κ1) is 14.3. The van der Waals surface area contributed by atoms with Crippen molar-refractivity contribution in [3.05, 3.63) is 39.9 Å². The Hall–Kier alpha value is -1.12. The van der Waals surface area contributed by atoms with Gasteiger partial charge in [-0.15, -0.1) is 10.2 Å². The van der Waals surface area contributed by atoms with Crippen molar-refractivity contribution in [3.63, 3.8) is 0 Å². The lowest BCUT2D eigenvalue weighted by molar-refractivity contribution is -0.385. The Bertz CT molecular complexity index is 574. The van der Waals surface area contributed by atoms with Crippen LogP contribution in [0.15, 0.2) is 32.9 Å². The zero-order chi connectivity index (χ0) is 13.7. The first-order chi connectivity index (χ1) is 9.20. The predicted octanol–water partition coefficient (Wildman–Crippen LogP) is 3.85. The highest BCUT2D eigenvalue weighted by atomic mass is 32.2. The molecule has 1 aromatic carbocycles. The second-order valence-electron chi connectivity index (χ2n) is 3.44. The van der Waals surface area contributed by atoms with Gasteiger partial charge in [0.1, 0.15) is 0 Å². The Morgan fingerprint density at radius 3 is 2.63 bits per heavy atom. The topological polar surface area (TPSA) is 68.9 Å². The summed E-state index contributed by atoms with van der Waals surface area (Å²) in [6.45, 7) is 2.06. The second-order valence-corrected chi connectivity index (χ2v) is 7.15. The van der Waals surface area contributed by atoms with Gasteiger partial charge in [-0.05, 0) is 5.75 Å². The molecule has 0 spiro atoms. The van der Waals surface area contributed by atoms with Crippen molar-refractivity contribution < 1.29 is 4.92 Å². The maximum Gasteiger partial charge on any atom is 0.273 e. The van der Waals surface area contributed by atoms with Crippen LogP contribution in [0.5, 0.6) is 0 Å². The van der Waals surface area contributed by atoms with Crippen molar-refractivity contribution in [1.29, 1.82) is 0 Å². The Labute approximate surface area is 123 Å². The third-order valence-corrected chi connectivity index (χ3v) is 5.32. The molecule has 0 amide bonds. The van der Waals surface area contributed by atoms with Crippen LogP contribution in [0.25, 0.3) is 0 Å². The van der Waals surface area contributed by atoms with Crippen LogP contribution in [0, 0.1) is 10.1 Å². The minimum absolute atomic E-state index is 0.155. The number of para-hydroxylation sites is 1. The minimum atomic E-state index is -0.353. The summed E-state index contributed by atoms with van der Waals surface area (Å²) >= 11 is 4.65. The zero-order valence-corrected chi connectivity index (χ0v) is 12.6. The number of rotatable bonds is 6. The summed E-state index contributed by atoms with van der Waals surface area (Å²) in [6.07, 6.45) is 0. The van der Waals surface area contributed by atoms with Gasteiger partial charge in [0, 0.05) is 17.4 Å². The van der Waals surface area contributed by atoms with E-state index < -0.39 is 0 Å². The fraction of sp³-hybridized carbons (Fsp3) is 0.273. The monoisotopic (exact) mass is 313 g/mol. The molecule has 1 aromatic heterocycles. The quantitative estimate of drug-likeness (QED) is 0.458. The summed E-state index contributed by atoms with van der Waals surface area (Å²) < 4.78 is 1.78. The van der Waals surface area contributed by atoms with Gasteiger partial charge in [0.15, 0.2) is 8.68 Å². The van der Waals surface area contributed by atoms with E-state index in [0.717, 1.165) is 14.4 Å². The zero-order valence-electron chi connectivity index (χ0n) is 10.1. The molecular formula is C11H11N3O2S3. The fourth-order valence-electron chi connectivity index (χ4n) is 1.39. The second kappa shape index (κ2) is 6.88. The molecule has 0 N–H and O–H groups in total. The predicted molar refractivity (Wildman–Crippen MR) is 79.0 cm³/mol. The molecule has 0 aliphatic heterocycles. The van der Waals surface area contributed by atoms with E-state index in [2.05, 4.69) is 17.1 Å². The first-order valence-corrected chi connectivity index (χ1v) is 8.31. The van der Waals surface area contributed by atoms with Crippen LogP contribution in [0.4, 0.5) is 5.69 Å². The lowest BCUT2D eigenvalue weighted by Crippen LogP contribution is -1.93. The molecule has 0 radical (unpaired) electrons. The average Bonchev–Trinajstić information content (AvgIpc) is 2.85. The molecule has 0 unspecified atom stereocenters. The number of hydrogen-bond donors (Lipinski definition) is 0. The summed E-state index contributed by atoms with van der Waals surface area (Å²) in [4.78, 5) is 10.5. The maximum absolute atomic E-state index is 10.9. The number of benzene rings is 1. The van der Waals surface area contributed by atoms with E-state index in [1.165, 1.54) is 29.2 Å². The van der Waals surface area contributed by atoms with E-state index in [1.807, 2.05) is 0 Å². The van der Waals surface area contributed by atoms with E-state index in [9.17, 15) is 10.1 Å². The van der Waals surface area contributed by atoms with Crippen molar-refractivity contribution in [2.24, 2.45) is 0 Å². The molecular weight excluding hydrogens is 302 g/mol. The molecule has 8 heteroatoms. The van der Waals surface area contributed by atoms with Gasteiger partial charge >= 0.3 is 0 Å². The van der Waals surface area contributed by atoms with Crippen LogP contribution in [0.2, 0.25) is 0 Å². The molecule has 0 saturated heterocycles. The van der Waals surface area contributed by atoms with E-state index in [0.29, 0.717) is 11.3 Å². The number of nitro groups is 1. The lowest BCUT2D eigenvalue weighted by Gasteiger charge is -2.00. The van der Waals surface area contributed by atoms with Crippen molar-refractivity contribution in [2.45, 2.75) is 21.4 Å². The maximum atomic E-state index is 10.9. The van der Waals surface area contributed by atoms with E-state index in [-0.39, 0.29) is 10.6 Å². The fourth-order valence-corrected chi connectivity index (χ4v) is 4.30. The van der Waals surface area contributed by atoms with Gasteiger partial charge in [-0.25, -0.2) is 0 Å². The molecule has 2 aromatic rings. The number of thioether (sulfide) groups is 2. The normalized spacial score (nSPS) is 10.6. The molecule has 0 bridgehead atoms. The van der Waals surface area contributed by atoms with Crippen LogP contribution in [-0.4, -0.2) is 20.9 Å². The molecule has 0 aliphatic carbocycles. The summed E-state index contributed by atoms with van der Waals surface area (Å²) in [7, 11) is 0. The largest absolute Gasteiger partial charge is 0.273 e. The van der Waals surface area contributed by atoms with Crippen LogP contribution in [0.3, 0.4) is 0 Å². The van der Waals surface area contributed by atoms with Crippen LogP contribution >= 0.6 is 34.9 Å². The SMILES string of the molecule is CCSc1nnc(SCc2ccccc2[N+](=O)[O-])s1. The highest BCUT2D eigenvalue weighted by Crippen LogP contribution is 2.32. The molecule has 0 aliphatic rings. The molecule has 0 fully saturated rings. The standard InChI is InChI=1S/C11H11N3O2S3/c1-2-17-10-12-13-11(19-10)18-7-8-5-3-4-6-9(8)14(15)16/h3-6H,2,7H2,1H3. The Kier molecular flexibility index (Phi) is 5.17. The molecule has 100 valence electrons. The van der Waals surface area contributed by atoms with Gasteiger partial charge in [0.2, 0.25) is 0 Å². The van der Waals surface area contributed by atoms with Gasteiger partial charge in [-0.2, -0.15) is 0 Å². The molecule has 0 atom stereocenters. The Balaban J connectivity index is 2.03. The molecule has 5 nitrogen and oxygen atoms in total. The number of nitrogens with zero attached hydrogens (tertiary/aromatic N) is 3. The summed E-state index contributed by atoms with van der Waals surface area (Å²) in [5, 5.41) is 19.0. The minimum Gasteiger partial charge on any atom is -0.258 e. The highest BCUT2D eigenvalue weighted by Gasteiger charge is 2.13. The third-order valence-electron chi connectivity index (χ3n) is 2.20. The van der Waals surface area contributed by atoms with E-state index in [4.69, 9.17) is 0 Å². The summed E-state index contributed by atoms with van der Waals surface area (Å²) in [5.41, 5.74) is 0.861. The lowest BCUT2D eigenvalue weighted by atomic mass is 10.2. The highest BCUT2D eigenvalue weighted by molar-refractivity contribution is 8.02. The molecule has 1 heterocycles. The van der Waals surface area contributed by atoms with Crippen molar-refractivity contribution >= 4 is 40.5 Å². The van der Waals surface area contributed by atoms with Gasteiger partial charge in [0.05, 0.1) is 4.92 Å². The molecule has 0 saturated carbocycles. The van der Waals surface area contributed by atoms with Gasteiger partial charge in [-0.1, -0.05) is 60.0 Å². The third kappa shape index (κ3) is 3.92. The van der Waals surface area contributed by atoms with Crippen LogP contribution in [-0.2, 0) is 5.75 Å². The summed E-state index contributed by atoms with van der Waals surface area (Å²) in [5.74, 6) is 1.49.